The lowest BCUT2D eigenvalue weighted by Crippen LogP contribution is -2.10. The lowest BCUT2D eigenvalue weighted by atomic mass is 10.0. The van der Waals surface area contributed by atoms with Gasteiger partial charge in [-0.2, -0.15) is 0 Å². The summed E-state index contributed by atoms with van der Waals surface area (Å²) in [5, 5.41) is 10.1. The zero-order chi connectivity index (χ0) is 10.4. The summed E-state index contributed by atoms with van der Waals surface area (Å²) in [5.74, 6) is 0.644. The third-order valence-electron chi connectivity index (χ3n) is 3.57. The van der Waals surface area contributed by atoms with E-state index in [0.29, 0.717) is 5.92 Å². The molecule has 84 valence electrons. The van der Waals surface area contributed by atoms with E-state index in [4.69, 9.17) is 0 Å². The van der Waals surface area contributed by atoms with Gasteiger partial charge in [-0.25, -0.2) is 0 Å². The topological polar surface area (TPSA) is 20.2 Å². The van der Waals surface area contributed by atoms with Gasteiger partial charge in [0.25, 0.3) is 0 Å². The highest BCUT2D eigenvalue weighted by atomic mass is 16.3. The van der Waals surface area contributed by atoms with Gasteiger partial charge in [-0.3, -0.25) is 0 Å². The number of hydrogen-bond donors (Lipinski definition) is 1. The Morgan fingerprint density at radius 1 is 1.07 bits per heavy atom. The van der Waals surface area contributed by atoms with Crippen LogP contribution in [0.3, 0.4) is 0 Å². The van der Waals surface area contributed by atoms with Crippen LogP contribution < -0.4 is 0 Å². The first kappa shape index (κ1) is 12.0. The van der Waals surface area contributed by atoms with Crippen LogP contribution in [0.5, 0.6) is 0 Å². The molecule has 0 radical (unpaired) electrons. The van der Waals surface area contributed by atoms with Crippen LogP contribution in [0.25, 0.3) is 0 Å². The molecule has 1 N–H and O–H groups in total. The van der Waals surface area contributed by atoms with E-state index in [2.05, 4.69) is 13.8 Å². The molecule has 1 fully saturated rings. The molecule has 0 aliphatic heterocycles. The molecule has 1 aliphatic carbocycles. The van der Waals surface area contributed by atoms with Crippen molar-refractivity contribution in [2.45, 2.75) is 77.2 Å². The summed E-state index contributed by atoms with van der Waals surface area (Å²) >= 11 is 0. The van der Waals surface area contributed by atoms with Crippen LogP contribution in [0.2, 0.25) is 0 Å². The molecule has 1 nitrogen and oxygen atoms in total. The Hall–Kier alpha value is -0.0400. The maximum Gasteiger partial charge on any atom is 0.0680 e. The largest absolute Gasteiger partial charge is 0.390 e. The fourth-order valence-corrected chi connectivity index (χ4v) is 2.35. The van der Waals surface area contributed by atoms with Gasteiger partial charge in [-0.05, 0) is 25.2 Å². The van der Waals surface area contributed by atoms with Crippen LogP contribution in [-0.2, 0) is 0 Å². The Bertz CT molecular complexity index is 155. The molecular weight excluding hydrogens is 172 g/mol. The maximum atomic E-state index is 10.1. The van der Waals surface area contributed by atoms with E-state index < -0.39 is 0 Å². The minimum absolute atomic E-state index is 0.234. The highest BCUT2D eigenvalue weighted by Gasteiger charge is 2.50. The molecule has 0 bridgehead atoms. The van der Waals surface area contributed by atoms with Crippen molar-refractivity contribution in [2.24, 2.45) is 5.92 Å². The first-order valence-corrected chi connectivity index (χ1v) is 6.45. The minimum atomic E-state index is -0.234. The summed E-state index contributed by atoms with van der Waals surface area (Å²) in [6.07, 6.45) is 11.2. The van der Waals surface area contributed by atoms with Crippen molar-refractivity contribution in [1.29, 1.82) is 0 Å². The molecule has 0 spiro atoms. The standard InChI is InChI=1S/C13H26O/c1-3-5-7-8-9-12-11-13(12,14)10-6-4-2/h12,14H,3-11H2,1-2H3/t12-,13-/m1/s1. The van der Waals surface area contributed by atoms with Gasteiger partial charge in [0.1, 0.15) is 0 Å². The lowest BCUT2D eigenvalue weighted by Gasteiger charge is -2.09. The molecule has 0 unspecified atom stereocenters. The van der Waals surface area contributed by atoms with Crippen molar-refractivity contribution in [2.75, 3.05) is 0 Å². The second-order valence-electron chi connectivity index (χ2n) is 4.96. The summed E-state index contributed by atoms with van der Waals surface area (Å²) in [7, 11) is 0. The minimum Gasteiger partial charge on any atom is -0.390 e. The Balaban J connectivity index is 2.00. The van der Waals surface area contributed by atoms with Gasteiger partial charge in [0.15, 0.2) is 0 Å². The summed E-state index contributed by atoms with van der Waals surface area (Å²) < 4.78 is 0. The normalized spacial score (nSPS) is 30.6. The first-order chi connectivity index (χ1) is 6.73. The van der Waals surface area contributed by atoms with Gasteiger partial charge >= 0.3 is 0 Å². The fourth-order valence-electron chi connectivity index (χ4n) is 2.35. The molecule has 0 saturated heterocycles. The Kier molecular flexibility index (Phi) is 4.94. The van der Waals surface area contributed by atoms with Crippen LogP contribution in [0.15, 0.2) is 0 Å². The molecule has 0 amide bonds. The maximum absolute atomic E-state index is 10.1. The van der Waals surface area contributed by atoms with Crippen LogP contribution in [0, 0.1) is 5.92 Å². The highest BCUT2D eigenvalue weighted by Crippen LogP contribution is 2.49. The van der Waals surface area contributed by atoms with E-state index in [1.54, 1.807) is 0 Å². The number of aliphatic hydroxyl groups is 1. The molecule has 0 aromatic carbocycles. The average molecular weight is 198 g/mol. The zero-order valence-electron chi connectivity index (χ0n) is 9.89. The molecule has 14 heavy (non-hydrogen) atoms. The molecule has 0 aromatic heterocycles. The van der Waals surface area contributed by atoms with Gasteiger partial charge in [-0.1, -0.05) is 52.4 Å². The van der Waals surface area contributed by atoms with Gasteiger partial charge in [0.05, 0.1) is 5.60 Å². The monoisotopic (exact) mass is 198 g/mol. The molecule has 1 saturated carbocycles. The van der Waals surface area contributed by atoms with E-state index >= 15 is 0 Å². The summed E-state index contributed by atoms with van der Waals surface area (Å²) in [5.41, 5.74) is -0.234. The van der Waals surface area contributed by atoms with Crippen LogP contribution in [0.1, 0.15) is 71.6 Å². The van der Waals surface area contributed by atoms with Gasteiger partial charge in [0, 0.05) is 0 Å². The second-order valence-corrected chi connectivity index (χ2v) is 4.96. The SMILES string of the molecule is CCCCCC[C@@H]1C[C@]1(O)CCCC. The Labute approximate surface area is 88.9 Å². The van der Waals surface area contributed by atoms with Crippen LogP contribution in [-0.4, -0.2) is 10.7 Å². The fraction of sp³-hybridized carbons (Fsp3) is 1.00. The van der Waals surface area contributed by atoms with E-state index in [1.165, 1.54) is 44.9 Å². The quantitative estimate of drug-likeness (QED) is 0.586. The van der Waals surface area contributed by atoms with E-state index in [-0.39, 0.29) is 5.60 Å². The number of rotatable bonds is 8. The molecular formula is C13H26O. The van der Waals surface area contributed by atoms with E-state index in [0.717, 1.165) is 12.8 Å². The van der Waals surface area contributed by atoms with Crippen LogP contribution >= 0.6 is 0 Å². The lowest BCUT2D eigenvalue weighted by molar-refractivity contribution is 0.116. The van der Waals surface area contributed by atoms with Crippen molar-refractivity contribution >= 4 is 0 Å². The van der Waals surface area contributed by atoms with Gasteiger partial charge < -0.3 is 5.11 Å². The van der Waals surface area contributed by atoms with Crippen LogP contribution in [0.4, 0.5) is 0 Å². The van der Waals surface area contributed by atoms with Gasteiger partial charge in [-0.15, -0.1) is 0 Å². The molecule has 1 heteroatoms. The second kappa shape index (κ2) is 5.75. The molecule has 0 heterocycles. The predicted molar refractivity (Wildman–Crippen MR) is 61.3 cm³/mol. The molecule has 1 rings (SSSR count). The van der Waals surface area contributed by atoms with E-state index in [1.807, 2.05) is 0 Å². The van der Waals surface area contributed by atoms with E-state index in [9.17, 15) is 5.11 Å². The highest BCUT2D eigenvalue weighted by molar-refractivity contribution is 5.02. The Morgan fingerprint density at radius 2 is 1.79 bits per heavy atom. The summed E-state index contributed by atoms with van der Waals surface area (Å²) in [6, 6.07) is 0. The number of hydrogen-bond acceptors (Lipinski definition) is 1. The third-order valence-corrected chi connectivity index (χ3v) is 3.57. The van der Waals surface area contributed by atoms with Crippen molar-refractivity contribution in [3.8, 4) is 0 Å². The Morgan fingerprint density at radius 3 is 2.43 bits per heavy atom. The van der Waals surface area contributed by atoms with Gasteiger partial charge in [0.2, 0.25) is 0 Å². The average Bonchev–Trinajstić information content (AvgIpc) is 2.82. The number of unbranched alkanes of at least 4 members (excludes halogenated alkanes) is 4. The molecule has 2 atom stereocenters. The van der Waals surface area contributed by atoms with Crippen molar-refractivity contribution in [3.63, 3.8) is 0 Å². The van der Waals surface area contributed by atoms with Crippen molar-refractivity contribution in [1.82, 2.24) is 0 Å². The summed E-state index contributed by atoms with van der Waals surface area (Å²) in [6.45, 7) is 4.44. The molecule has 0 aromatic rings. The van der Waals surface area contributed by atoms with Crippen molar-refractivity contribution < 1.29 is 5.11 Å². The molecule has 1 aliphatic rings. The summed E-state index contributed by atoms with van der Waals surface area (Å²) in [4.78, 5) is 0. The van der Waals surface area contributed by atoms with Crippen molar-refractivity contribution in [3.05, 3.63) is 0 Å². The zero-order valence-corrected chi connectivity index (χ0v) is 9.89. The first-order valence-electron chi connectivity index (χ1n) is 6.45. The predicted octanol–water partition coefficient (Wildman–Crippen LogP) is 3.90. The third kappa shape index (κ3) is 3.61. The smallest absolute Gasteiger partial charge is 0.0680 e.